The van der Waals surface area contributed by atoms with Gasteiger partial charge in [0.2, 0.25) is 5.91 Å². The summed E-state index contributed by atoms with van der Waals surface area (Å²) in [6.07, 6.45) is 0. The highest BCUT2D eigenvalue weighted by Crippen LogP contribution is 2.20. The molecule has 1 aromatic heterocycles. The van der Waals surface area contributed by atoms with Crippen molar-refractivity contribution in [2.24, 2.45) is 0 Å². The number of rotatable bonds is 9. The van der Waals surface area contributed by atoms with E-state index in [4.69, 9.17) is 4.74 Å². The number of anilines is 1. The van der Waals surface area contributed by atoms with Crippen LogP contribution in [0.2, 0.25) is 0 Å². The van der Waals surface area contributed by atoms with Crippen molar-refractivity contribution in [3.8, 4) is 5.75 Å². The molecule has 0 aliphatic carbocycles. The molecule has 0 aliphatic rings. The first-order valence-corrected chi connectivity index (χ1v) is 10.9. The van der Waals surface area contributed by atoms with Crippen molar-refractivity contribution >= 4 is 29.3 Å². The molecule has 1 heterocycles. The SMILES string of the molecule is CCn1c(CNC(=O)c2ccc(OC)cc2)nnc1SCC(=O)Nc1ccc(F)cc1C. The molecule has 0 unspecified atom stereocenters. The maximum atomic E-state index is 13.2. The molecule has 0 atom stereocenters. The smallest absolute Gasteiger partial charge is 0.251 e. The number of aromatic nitrogens is 3. The zero-order valence-electron chi connectivity index (χ0n) is 18.0. The molecule has 3 aromatic rings. The molecule has 2 N–H and O–H groups in total. The third kappa shape index (κ3) is 5.85. The molecule has 3 rings (SSSR count). The third-order valence-corrected chi connectivity index (χ3v) is 5.63. The molecule has 0 spiro atoms. The van der Waals surface area contributed by atoms with E-state index in [1.807, 2.05) is 11.5 Å². The summed E-state index contributed by atoms with van der Waals surface area (Å²) in [5.74, 6) is 0.565. The van der Waals surface area contributed by atoms with Crippen molar-refractivity contribution in [1.82, 2.24) is 20.1 Å². The van der Waals surface area contributed by atoms with Gasteiger partial charge in [0.15, 0.2) is 11.0 Å². The van der Waals surface area contributed by atoms with Crippen LogP contribution < -0.4 is 15.4 Å². The van der Waals surface area contributed by atoms with Crippen molar-refractivity contribution in [3.05, 3.63) is 65.2 Å². The molecule has 8 nitrogen and oxygen atoms in total. The number of methoxy groups -OCH3 is 1. The summed E-state index contributed by atoms with van der Waals surface area (Å²) in [6, 6.07) is 11.0. The Balaban J connectivity index is 1.56. The summed E-state index contributed by atoms with van der Waals surface area (Å²) in [6.45, 7) is 4.45. The van der Waals surface area contributed by atoms with Crippen LogP contribution in [0.3, 0.4) is 0 Å². The Bertz CT molecular complexity index is 1100. The summed E-state index contributed by atoms with van der Waals surface area (Å²) in [4.78, 5) is 24.7. The molecule has 2 amide bonds. The lowest BCUT2D eigenvalue weighted by molar-refractivity contribution is -0.113. The lowest BCUT2D eigenvalue weighted by atomic mass is 10.2. The van der Waals surface area contributed by atoms with Crippen LogP contribution in [-0.2, 0) is 17.9 Å². The monoisotopic (exact) mass is 457 g/mol. The second-order valence-electron chi connectivity index (χ2n) is 6.85. The molecule has 0 fully saturated rings. The average molecular weight is 458 g/mol. The second kappa shape index (κ2) is 10.8. The van der Waals surface area contributed by atoms with Crippen LogP contribution in [0.15, 0.2) is 47.6 Å². The quantitative estimate of drug-likeness (QED) is 0.478. The number of nitrogens with zero attached hydrogens (tertiary/aromatic N) is 3. The fourth-order valence-corrected chi connectivity index (χ4v) is 3.78. The number of aryl methyl sites for hydroxylation is 1. The van der Waals surface area contributed by atoms with Gasteiger partial charge < -0.3 is 19.9 Å². The fourth-order valence-electron chi connectivity index (χ4n) is 2.96. The Kier molecular flexibility index (Phi) is 7.82. The molecule has 0 saturated heterocycles. The van der Waals surface area contributed by atoms with E-state index in [-0.39, 0.29) is 29.9 Å². The van der Waals surface area contributed by atoms with E-state index in [0.29, 0.717) is 40.1 Å². The maximum absolute atomic E-state index is 13.2. The minimum absolute atomic E-state index is 0.118. The number of amides is 2. The Morgan fingerprint density at radius 1 is 1.16 bits per heavy atom. The number of thioether (sulfide) groups is 1. The highest BCUT2D eigenvalue weighted by molar-refractivity contribution is 7.99. The number of ether oxygens (including phenoxy) is 1. The van der Waals surface area contributed by atoms with Gasteiger partial charge in [-0.3, -0.25) is 9.59 Å². The van der Waals surface area contributed by atoms with Gasteiger partial charge in [0.1, 0.15) is 11.6 Å². The van der Waals surface area contributed by atoms with Crippen molar-refractivity contribution in [3.63, 3.8) is 0 Å². The molecule has 168 valence electrons. The van der Waals surface area contributed by atoms with Crippen LogP contribution in [0.4, 0.5) is 10.1 Å². The van der Waals surface area contributed by atoms with Crippen LogP contribution in [0.25, 0.3) is 0 Å². The van der Waals surface area contributed by atoms with Gasteiger partial charge >= 0.3 is 0 Å². The van der Waals surface area contributed by atoms with E-state index in [1.165, 1.54) is 30.0 Å². The van der Waals surface area contributed by atoms with Gasteiger partial charge in [0.05, 0.1) is 19.4 Å². The Morgan fingerprint density at radius 3 is 2.56 bits per heavy atom. The summed E-state index contributed by atoms with van der Waals surface area (Å²) >= 11 is 1.24. The van der Waals surface area contributed by atoms with Crippen molar-refractivity contribution in [2.45, 2.75) is 32.1 Å². The lowest BCUT2D eigenvalue weighted by Gasteiger charge is -2.10. The van der Waals surface area contributed by atoms with Gasteiger partial charge in [-0.1, -0.05) is 11.8 Å². The lowest BCUT2D eigenvalue weighted by Crippen LogP contribution is -2.24. The number of carbonyl (C=O) groups excluding carboxylic acids is 2. The van der Waals surface area contributed by atoms with E-state index in [0.717, 1.165) is 0 Å². The molecule has 32 heavy (non-hydrogen) atoms. The van der Waals surface area contributed by atoms with Gasteiger partial charge in [-0.05, 0) is 61.9 Å². The predicted octanol–water partition coefficient (Wildman–Crippen LogP) is 3.41. The van der Waals surface area contributed by atoms with Crippen molar-refractivity contribution < 1.29 is 18.7 Å². The topological polar surface area (TPSA) is 98.1 Å². The highest BCUT2D eigenvalue weighted by Gasteiger charge is 2.15. The standard InChI is InChI=1S/C22H24FN5O3S/c1-4-28-19(12-24-21(30)15-5-8-17(31-3)9-6-15)26-27-22(28)32-13-20(29)25-18-10-7-16(23)11-14(18)2/h5-11H,4,12-13H2,1-3H3,(H,24,30)(H,25,29). The number of nitrogens with one attached hydrogen (secondary N) is 2. The number of carbonyl (C=O) groups is 2. The first kappa shape index (κ1) is 23.3. The van der Waals surface area contributed by atoms with Gasteiger partial charge in [-0.2, -0.15) is 0 Å². The fraction of sp³-hybridized carbons (Fsp3) is 0.273. The first-order chi connectivity index (χ1) is 15.4. The van der Waals surface area contributed by atoms with Crippen LogP contribution in [-0.4, -0.2) is 39.4 Å². The summed E-state index contributed by atoms with van der Waals surface area (Å²) < 4.78 is 20.2. The minimum atomic E-state index is -0.350. The molecule has 0 radical (unpaired) electrons. The summed E-state index contributed by atoms with van der Waals surface area (Å²) in [5, 5.41) is 14.5. The molecular formula is C22H24FN5O3S. The number of benzene rings is 2. The summed E-state index contributed by atoms with van der Waals surface area (Å²) in [5.41, 5.74) is 1.72. The van der Waals surface area contributed by atoms with E-state index in [9.17, 15) is 14.0 Å². The zero-order chi connectivity index (χ0) is 23.1. The molecule has 0 aliphatic heterocycles. The van der Waals surface area contributed by atoms with Crippen LogP contribution in [0.1, 0.15) is 28.7 Å². The predicted molar refractivity (Wildman–Crippen MR) is 120 cm³/mol. The first-order valence-electron chi connectivity index (χ1n) is 9.94. The highest BCUT2D eigenvalue weighted by atomic mass is 32.2. The number of hydrogen-bond acceptors (Lipinski definition) is 6. The Hall–Kier alpha value is -3.40. The largest absolute Gasteiger partial charge is 0.497 e. The third-order valence-electron chi connectivity index (χ3n) is 4.66. The molecular weight excluding hydrogens is 433 g/mol. The normalized spacial score (nSPS) is 10.6. The van der Waals surface area contributed by atoms with Gasteiger partial charge in [0, 0.05) is 17.8 Å². The second-order valence-corrected chi connectivity index (χ2v) is 7.79. The van der Waals surface area contributed by atoms with Gasteiger partial charge in [-0.25, -0.2) is 4.39 Å². The summed E-state index contributed by atoms with van der Waals surface area (Å²) in [7, 11) is 1.57. The van der Waals surface area contributed by atoms with Crippen LogP contribution >= 0.6 is 11.8 Å². The average Bonchev–Trinajstić information content (AvgIpc) is 3.19. The van der Waals surface area contributed by atoms with E-state index in [1.54, 1.807) is 38.3 Å². The van der Waals surface area contributed by atoms with Gasteiger partial charge in [0.25, 0.3) is 5.91 Å². The number of halogens is 1. The molecule has 0 bridgehead atoms. The van der Waals surface area contributed by atoms with E-state index >= 15 is 0 Å². The Morgan fingerprint density at radius 2 is 1.91 bits per heavy atom. The van der Waals surface area contributed by atoms with E-state index < -0.39 is 0 Å². The van der Waals surface area contributed by atoms with Crippen LogP contribution in [0.5, 0.6) is 5.75 Å². The van der Waals surface area contributed by atoms with Gasteiger partial charge in [-0.15, -0.1) is 10.2 Å². The van der Waals surface area contributed by atoms with Crippen molar-refractivity contribution in [1.29, 1.82) is 0 Å². The molecule has 2 aromatic carbocycles. The van der Waals surface area contributed by atoms with Crippen molar-refractivity contribution in [2.75, 3.05) is 18.2 Å². The zero-order valence-corrected chi connectivity index (χ0v) is 18.8. The minimum Gasteiger partial charge on any atom is -0.497 e. The number of hydrogen-bond donors (Lipinski definition) is 2. The maximum Gasteiger partial charge on any atom is 0.251 e. The van der Waals surface area contributed by atoms with E-state index in [2.05, 4.69) is 20.8 Å². The molecule has 10 heteroatoms. The Labute approximate surface area is 189 Å². The molecule has 0 saturated carbocycles. The van der Waals surface area contributed by atoms with Crippen LogP contribution in [0, 0.1) is 12.7 Å².